The number of carbonyl (C=O) groups is 1. The minimum Gasteiger partial charge on any atom is -0.407 e. The molecule has 0 aliphatic rings. The fraction of sp³-hybridized carbons (Fsp3) is 0.300. The lowest BCUT2D eigenvalue weighted by Crippen LogP contribution is -2.26. The van der Waals surface area contributed by atoms with Gasteiger partial charge in [-0.1, -0.05) is 29.8 Å². The van der Waals surface area contributed by atoms with Crippen molar-refractivity contribution in [2.45, 2.75) is 32.9 Å². The van der Waals surface area contributed by atoms with E-state index in [0.29, 0.717) is 25.0 Å². The summed E-state index contributed by atoms with van der Waals surface area (Å²) in [4.78, 5) is 36.3. The molecular weight excluding hydrogens is 362 g/mol. The van der Waals surface area contributed by atoms with Crippen LogP contribution in [-0.4, -0.2) is 27.3 Å². The fourth-order valence-electron chi connectivity index (χ4n) is 3.02. The Kier molecular flexibility index (Phi) is 5.58. The topological polar surface area (TPSA) is 98.6 Å². The van der Waals surface area contributed by atoms with Gasteiger partial charge in [0.05, 0.1) is 16.5 Å². The van der Waals surface area contributed by atoms with Crippen molar-refractivity contribution in [3.05, 3.63) is 74.3 Å². The van der Waals surface area contributed by atoms with E-state index in [-0.39, 0.29) is 23.6 Å². The van der Waals surface area contributed by atoms with Gasteiger partial charge in [-0.3, -0.25) is 19.5 Å². The van der Waals surface area contributed by atoms with Gasteiger partial charge in [0.2, 0.25) is 5.91 Å². The third kappa shape index (κ3) is 4.28. The van der Waals surface area contributed by atoms with E-state index in [1.165, 1.54) is 28.3 Å². The van der Waals surface area contributed by atoms with E-state index in [1.54, 1.807) is 11.9 Å². The molecule has 0 radical (unpaired) electrons. The Labute approximate surface area is 161 Å². The number of nitro benzene ring substituents is 1. The smallest absolute Gasteiger partial charge is 0.407 e. The number of nitro groups is 1. The molecule has 0 fully saturated rings. The van der Waals surface area contributed by atoms with Gasteiger partial charge < -0.3 is 9.32 Å². The highest BCUT2D eigenvalue weighted by Gasteiger charge is 2.15. The maximum absolute atomic E-state index is 12.4. The van der Waals surface area contributed by atoms with Gasteiger partial charge in [0.25, 0.3) is 5.69 Å². The average molecular weight is 383 g/mol. The van der Waals surface area contributed by atoms with E-state index < -0.39 is 10.7 Å². The van der Waals surface area contributed by atoms with Crippen molar-refractivity contribution in [3.63, 3.8) is 0 Å². The summed E-state index contributed by atoms with van der Waals surface area (Å²) in [6, 6.07) is 12.1. The second-order valence-electron chi connectivity index (χ2n) is 6.77. The van der Waals surface area contributed by atoms with Crippen molar-refractivity contribution in [3.8, 4) is 0 Å². The summed E-state index contributed by atoms with van der Waals surface area (Å²) in [5, 5.41) is 10.8. The van der Waals surface area contributed by atoms with Crippen LogP contribution in [0.4, 0.5) is 5.69 Å². The van der Waals surface area contributed by atoms with Gasteiger partial charge in [0.15, 0.2) is 5.58 Å². The summed E-state index contributed by atoms with van der Waals surface area (Å²) in [7, 11) is 1.75. The molecule has 0 bridgehead atoms. The first-order valence-electron chi connectivity index (χ1n) is 8.92. The van der Waals surface area contributed by atoms with Gasteiger partial charge in [-0.2, -0.15) is 0 Å². The minimum absolute atomic E-state index is 0.0166. The standard InChI is InChI=1S/C20H21N3O5/c1-14-5-7-15(8-6-14)13-21(2)19(24)4-3-11-22-17-10-9-16(23(26)27)12-18(17)28-20(22)25/h5-10,12H,3-4,11,13H2,1-2H3. The number of aromatic nitrogens is 1. The lowest BCUT2D eigenvalue weighted by molar-refractivity contribution is -0.384. The quantitative estimate of drug-likeness (QED) is 0.461. The number of hydrogen-bond acceptors (Lipinski definition) is 5. The van der Waals surface area contributed by atoms with E-state index >= 15 is 0 Å². The molecule has 0 N–H and O–H groups in total. The zero-order valence-electron chi connectivity index (χ0n) is 15.8. The van der Waals surface area contributed by atoms with Crippen molar-refractivity contribution in [1.29, 1.82) is 0 Å². The molecule has 0 aliphatic heterocycles. The molecule has 1 heterocycles. The second kappa shape index (κ2) is 8.08. The zero-order valence-corrected chi connectivity index (χ0v) is 15.8. The highest BCUT2D eigenvalue weighted by molar-refractivity contribution is 5.76. The van der Waals surface area contributed by atoms with Gasteiger partial charge in [-0.05, 0) is 25.0 Å². The SMILES string of the molecule is Cc1ccc(CN(C)C(=O)CCCn2c(=O)oc3cc([N+](=O)[O-])ccc32)cc1. The van der Waals surface area contributed by atoms with E-state index in [4.69, 9.17) is 4.42 Å². The molecule has 146 valence electrons. The van der Waals surface area contributed by atoms with Crippen LogP contribution in [-0.2, 0) is 17.9 Å². The van der Waals surface area contributed by atoms with Crippen molar-refractivity contribution in [2.75, 3.05) is 7.05 Å². The van der Waals surface area contributed by atoms with E-state index in [0.717, 1.165) is 5.56 Å². The molecule has 0 aliphatic carbocycles. The fourth-order valence-corrected chi connectivity index (χ4v) is 3.02. The number of rotatable bonds is 7. The predicted molar refractivity (Wildman–Crippen MR) is 104 cm³/mol. The third-order valence-electron chi connectivity index (χ3n) is 4.60. The Hall–Kier alpha value is -3.42. The molecule has 28 heavy (non-hydrogen) atoms. The molecule has 2 aromatic carbocycles. The van der Waals surface area contributed by atoms with Crippen LogP contribution < -0.4 is 5.76 Å². The summed E-state index contributed by atoms with van der Waals surface area (Å²) in [6.45, 7) is 2.84. The molecule has 0 unspecified atom stereocenters. The number of oxazole rings is 1. The first-order chi connectivity index (χ1) is 13.3. The highest BCUT2D eigenvalue weighted by Crippen LogP contribution is 2.20. The first kappa shape index (κ1) is 19.3. The summed E-state index contributed by atoms with van der Waals surface area (Å²) in [5.41, 5.74) is 2.74. The molecule has 3 rings (SSSR count). The number of amides is 1. The van der Waals surface area contributed by atoms with Gasteiger partial charge in [-0.25, -0.2) is 4.79 Å². The Balaban J connectivity index is 1.60. The lowest BCUT2D eigenvalue weighted by Gasteiger charge is -2.17. The number of aryl methyl sites for hydroxylation is 2. The van der Waals surface area contributed by atoms with Crippen LogP contribution in [0.15, 0.2) is 51.7 Å². The highest BCUT2D eigenvalue weighted by atomic mass is 16.6. The summed E-state index contributed by atoms with van der Waals surface area (Å²) in [6.07, 6.45) is 0.747. The number of benzene rings is 2. The average Bonchev–Trinajstić information content (AvgIpc) is 2.98. The van der Waals surface area contributed by atoms with Crippen molar-refractivity contribution >= 4 is 22.7 Å². The maximum atomic E-state index is 12.4. The lowest BCUT2D eigenvalue weighted by atomic mass is 10.1. The molecule has 0 atom stereocenters. The maximum Gasteiger partial charge on any atom is 0.419 e. The predicted octanol–water partition coefficient (Wildman–Crippen LogP) is 3.25. The van der Waals surface area contributed by atoms with Crippen LogP contribution in [0.3, 0.4) is 0 Å². The molecule has 3 aromatic rings. The van der Waals surface area contributed by atoms with Crippen molar-refractivity contribution in [1.82, 2.24) is 9.47 Å². The van der Waals surface area contributed by atoms with Gasteiger partial charge in [0, 0.05) is 32.6 Å². The van der Waals surface area contributed by atoms with Crippen LogP contribution >= 0.6 is 0 Å². The van der Waals surface area contributed by atoms with E-state index in [9.17, 15) is 19.7 Å². The summed E-state index contributed by atoms with van der Waals surface area (Å²) in [5.74, 6) is -0.604. The third-order valence-corrected chi connectivity index (χ3v) is 4.60. The minimum atomic E-state index is -0.587. The Morgan fingerprint density at radius 3 is 2.61 bits per heavy atom. The molecule has 0 spiro atoms. The van der Waals surface area contributed by atoms with Crippen LogP contribution in [0, 0.1) is 17.0 Å². The normalized spacial score (nSPS) is 10.9. The summed E-state index contributed by atoms with van der Waals surface area (Å²) < 4.78 is 6.49. The zero-order chi connectivity index (χ0) is 20.3. The van der Waals surface area contributed by atoms with E-state index in [2.05, 4.69) is 0 Å². The largest absolute Gasteiger partial charge is 0.419 e. The van der Waals surface area contributed by atoms with Crippen molar-refractivity contribution < 1.29 is 14.1 Å². The number of nitrogens with zero attached hydrogens (tertiary/aromatic N) is 3. The Bertz CT molecular complexity index is 1070. The van der Waals surface area contributed by atoms with E-state index in [1.807, 2.05) is 31.2 Å². The van der Waals surface area contributed by atoms with Gasteiger partial charge in [-0.15, -0.1) is 0 Å². The number of hydrogen-bond donors (Lipinski definition) is 0. The Morgan fingerprint density at radius 2 is 1.93 bits per heavy atom. The molecule has 0 saturated heterocycles. The molecule has 8 nitrogen and oxygen atoms in total. The van der Waals surface area contributed by atoms with Crippen LogP contribution in [0.1, 0.15) is 24.0 Å². The first-order valence-corrected chi connectivity index (χ1v) is 8.92. The van der Waals surface area contributed by atoms with Gasteiger partial charge >= 0.3 is 5.76 Å². The number of carbonyl (C=O) groups excluding carboxylic acids is 1. The monoisotopic (exact) mass is 383 g/mol. The summed E-state index contributed by atoms with van der Waals surface area (Å²) >= 11 is 0. The molecule has 1 aromatic heterocycles. The number of non-ortho nitro benzene ring substituents is 1. The molecule has 8 heteroatoms. The van der Waals surface area contributed by atoms with Crippen LogP contribution in [0.5, 0.6) is 0 Å². The van der Waals surface area contributed by atoms with Gasteiger partial charge in [0.1, 0.15) is 0 Å². The molecule has 1 amide bonds. The molecule has 0 saturated carbocycles. The van der Waals surface area contributed by atoms with Crippen LogP contribution in [0.25, 0.3) is 11.1 Å². The molecular formula is C20H21N3O5. The van der Waals surface area contributed by atoms with Crippen LogP contribution in [0.2, 0.25) is 0 Å². The van der Waals surface area contributed by atoms with Crippen molar-refractivity contribution in [2.24, 2.45) is 0 Å². The second-order valence-corrected chi connectivity index (χ2v) is 6.77. The Morgan fingerprint density at radius 1 is 1.21 bits per heavy atom. The number of fused-ring (bicyclic) bond motifs is 1.